The summed E-state index contributed by atoms with van der Waals surface area (Å²) in [6.45, 7) is 2.09. The van der Waals surface area contributed by atoms with Crippen molar-refractivity contribution in [1.29, 1.82) is 0 Å². The Kier molecular flexibility index (Phi) is 20.2. The number of H-pyrrole nitrogens is 2. The van der Waals surface area contributed by atoms with Gasteiger partial charge in [-0.1, -0.05) is 300 Å². The summed E-state index contributed by atoms with van der Waals surface area (Å²) < 4.78 is 27.8. The van der Waals surface area contributed by atoms with E-state index in [1.165, 1.54) is 24.8 Å². The van der Waals surface area contributed by atoms with Crippen LogP contribution in [0.4, 0.5) is 0 Å². The third kappa shape index (κ3) is 13.1. The van der Waals surface area contributed by atoms with Gasteiger partial charge in [0.1, 0.15) is 43.1 Å². The molecule has 18 rings (SSSR count). The molecule has 3 aliphatic carbocycles. The van der Waals surface area contributed by atoms with E-state index in [2.05, 4.69) is 71.5 Å². The Balaban J connectivity index is 0.906. The molecule has 20 heteroatoms. The van der Waals surface area contributed by atoms with Crippen LogP contribution in [-0.2, 0) is 0 Å². The van der Waals surface area contributed by atoms with E-state index in [4.69, 9.17) is 168 Å². The molecule has 8 bridgehead atoms. The van der Waals surface area contributed by atoms with Gasteiger partial charge in [0.15, 0.2) is 23.0 Å². The Morgan fingerprint density at radius 1 is 0.294 bits per heavy atom. The molecule has 3 aromatic heterocycles. The lowest BCUT2D eigenvalue weighted by atomic mass is 9.84. The fraction of sp³-hybridized carbons (Fsp3) is 0.213. The number of fused-ring (bicyclic) bond motifs is 21. The number of aryl methyl sites for hydroxylation is 1. The number of aromatic nitrogens is 4. The lowest BCUT2D eigenvalue weighted by Crippen LogP contribution is -2.06. The highest BCUT2D eigenvalue weighted by atomic mass is 35.5. The number of aromatic amines is 2. The smallest absolute Gasteiger partial charge is 0.166 e. The van der Waals surface area contributed by atoms with Gasteiger partial charge in [0.05, 0.1) is 85.0 Å². The van der Waals surface area contributed by atoms with Gasteiger partial charge in [-0.2, -0.15) is 0 Å². The van der Waals surface area contributed by atoms with Crippen LogP contribution < -0.4 is 18.9 Å². The van der Waals surface area contributed by atoms with Gasteiger partial charge in [0.2, 0.25) is 0 Å². The molecule has 8 nitrogen and oxygen atoms in total. The molecule has 2 aliphatic heterocycles. The molecule has 0 amide bonds. The number of hydrogen-bond donors (Lipinski definition) is 2. The summed E-state index contributed by atoms with van der Waals surface area (Å²) in [6, 6.07) is 51.7. The van der Waals surface area contributed by atoms with Gasteiger partial charge in [-0.15, -0.1) is 0 Å². The first-order chi connectivity index (χ1) is 52.9. The van der Waals surface area contributed by atoms with Crippen LogP contribution in [0.2, 0.25) is 60.3 Å². The van der Waals surface area contributed by atoms with E-state index < -0.39 is 0 Å². The number of nitrogens with zero attached hydrogens (tertiary/aromatic N) is 2. The van der Waals surface area contributed by atoms with E-state index in [9.17, 15) is 0 Å². The third-order valence-corrected chi connectivity index (χ3v) is 27.1. The molecule has 0 saturated heterocycles. The molecule has 13 aromatic rings. The van der Waals surface area contributed by atoms with Crippen LogP contribution in [0.1, 0.15) is 136 Å². The minimum atomic E-state index is 0.0144. The van der Waals surface area contributed by atoms with E-state index in [1.54, 1.807) is 18.2 Å². The molecule has 109 heavy (non-hydrogen) atoms. The molecule has 0 atom stereocenters. The molecular formula is C89H64Cl12N4O4. The van der Waals surface area contributed by atoms with E-state index in [-0.39, 0.29) is 101 Å². The molecule has 3 saturated carbocycles. The average Bonchev–Trinajstić information content (AvgIpc) is 1.44. The van der Waals surface area contributed by atoms with Crippen molar-refractivity contribution in [3.8, 4) is 102 Å². The molecule has 5 heterocycles. The van der Waals surface area contributed by atoms with Gasteiger partial charge >= 0.3 is 0 Å². The van der Waals surface area contributed by atoms with Crippen molar-refractivity contribution in [3.63, 3.8) is 0 Å². The summed E-state index contributed by atoms with van der Waals surface area (Å²) in [4.78, 5) is 18.4. The SMILES string of the molecule is Cc1ccc2cc(-c3ccc(Oc4c(Cl)c(Cl)c5c(c4Cl)-c4cc6[nH]c(cc7nc(cc8[nH]c(cc-5n4)c4c(Cl)c(Cl)c(Oc5ccccc5C5CCCCC5)c(Cl)c84)-c4c(Cl)c(Oc5ccccc5C5CCCCC5)c(Cl)c(Cl)c4-7)c4c(Cl)c(Cl)c(Oc5ccccc5C5CCCCC5)c(Cl)c64)cc3)ccc2c1. The van der Waals surface area contributed by atoms with E-state index in [0.717, 1.165) is 116 Å². The van der Waals surface area contributed by atoms with Crippen molar-refractivity contribution in [3.05, 3.63) is 240 Å². The van der Waals surface area contributed by atoms with Gasteiger partial charge in [0, 0.05) is 43.8 Å². The summed E-state index contributed by atoms with van der Waals surface area (Å²) in [5.41, 5.74) is 10.6. The van der Waals surface area contributed by atoms with Crippen LogP contribution in [0.15, 0.2) is 158 Å². The van der Waals surface area contributed by atoms with Crippen LogP contribution in [0, 0.1) is 6.92 Å². The normalized spacial score (nSPS) is 14.9. The van der Waals surface area contributed by atoms with Gasteiger partial charge in [-0.05, 0) is 162 Å². The molecule has 3 fully saturated rings. The predicted octanol–water partition coefficient (Wildman–Crippen LogP) is 33.6. The summed E-state index contributed by atoms with van der Waals surface area (Å²) in [5, 5.41) is 4.93. The second-order valence-corrected chi connectivity index (χ2v) is 33.5. The van der Waals surface area contributed by atoms with E-state index in [0.29, 0.717) is 112 Å². The van der Waals surface area contributed by atoms with Crippen LogP contribution in [0.3, 0.4) is 0 Å². The largest absolute Gasteiger partial charge is 0.454 e. The average molecular weight is 1680 g/mol. The van der Waals surface area contributed by atoms with Crippen LogP contribution in [-0.4, -0.2) is 19.9 Å². The first-order valence-corrected chi connectivity index (χ1v) is 41.2. The number of ether oxygens (including phenoxy) is 4. The molecule has 10 aromatic carbocycles. The first-order valence-electron chi connectivity index (χ1n) is 36.7. The first kappa shape index (κ1) is 73.3. The second kappa shape index (κ2) is 30.0. The van der Waals surface area contributed by atoms with Crippen molar-refractivity contribution in [2.75, 3.05) is 0 Å². The minimum Gasteiger partial charge on any atom is -0.454 e. The molecule has 548 valence electrons. The molecule has 5 aliphatic rings. The number of benzene rings is 10. The highest BCUT2D eigenvalue weighted by Gasteiger charge is 2.36. The highest BCUT2D eigenvalue weighted by molar-refractivity contribution is 6.54. The van der Waals surface area contributed by atoms with E-state index >= 15 is 0 Å². The van der Waals surface area contributed by atoms with Crippen molar-refractivity contribution in [1.82, 2.24) is 19.9 Å². The number of rotatable bonds is 12. The Morgan fingerprint density at radius 2 is 0.615 bits per heavy atom. The lowest BCUT2D eigenvalue weighted by Gasteiger charge is -2.24. The Morgan fingerprint density at radius 3 is 1.02 bits per heavy atom. The van der Waals surface area contributed by atoms with Gasteiger partial charge in [0.25, 0.3) is 0 Å². The number of para-hydroxylation sites is 3. The second-order valence-electron chi connectivity index (χ2n) is 28.9. The van der Waals surface area contributed by atoms with Crippen LogP contribution >= 0.6 is 139 Å². The fourth-order valence-electron chi connectivity index (χ4n) is 17.0. The van der Waals surface area contributed by atoms with Gasteiger partial charge < -0.3 is 28.9 Å². The number of nitrogens with one attached hydrogen (secondary N) is 2. The molecule has 0 spiro atoms. The van der Waals surface area contributed by atoms with Crippen molar-refractivity contribution >= 4 is 194 Å². The maximum Gasteiger partial charge on any atom is 0.166 e. The van der Waals surface area contributed by atoms with Crippen molar-refractivity contribution in [2.45, 2.75) is 121 Å². The number of hydrogen-bond acceptors (Lipinski definition) is 6. The minimum absolute atomic E-state index is 0.0144. The summed E-state index contributed by atoms with van der Waals surface area (Å²) in [5.74, 6) is 3.49. The summed E-state index contributed by atoms with van der Waals surface area (Å²) in [7, 11) is 0. The van der Waals surface area contributed by atoms with E-state index in [1.807, 2.05) is 84.9 Å². The van der Waals surface area contributed by atoms with Gasteiger partial charge in [-0.3, -0.25) is 0 Å². The molecule has 0 unspecified atom stereocenters. The highest BCUT2D eigenvalue weighted by Crippen LogP contribution is 2.60. The quantitative estimate of drug-likeness (QED) is 0.118. The maximum atomic E-state index is 7.93. The zero-order chi connectivity index (χ0) is 74.8. The standard InChI is InChI=1S/C89H64Cl12N4O4/c1-43-29-30-50-38-49(32-31-48(50)37-43)44-33-35-51(36-34-44)106-86-78(94)70-59-41-60-71-68(76(92)84(100)87(79(71)95)107-63-26-14-11-23-52(63)45-17-5-2-6-18-45)57(103-60)40-58-69-73(81(97)89(85(101)77(69)93)109-65-28-16-13-25-54(65)47-21-9-4-10-22-47)62(105-58)42-61-72-67(56(104-61)39-55(102-59)66(70)74(90)82(86)98)75(91)83(99)88(80(72)96)108-64-27-15-12-24-53(64)46-19-7-3-8-20-46/h11-16,23-42,45-47,103-104H,2-10,17-22H2,1H3. The zero-order valence-corrected chi connectivity index (χ0v) is 67.5. The van der Waals surface area contributed by atoms with Crippen molar-refractivity contribution in [2.24, 2.45) is 0 Å². The summed E-state index contributed by atoms with van der Waals surface area (Å²) in [6.07, 6.45) is 16.2. The van der Waals surface area contributed by atoms with Crippen LogP contribution in [0.5, 0.6) is 46.0 Å². The Labute approximate surface area is 689 Å². The zero-order valence-electron chi connectivity index (χ0n) is 58.4. The molecule has 0 radical (unpaired) electrons. The lowest BCUT2D eigenvalue weighted by molar-refractivity contribution is 0.419. The fourth-order valence-corrected chi connectivity index (χ4v) is 20.5. The predicted molar refractivity (Wildman–Crippen MR) is 456 cm³/mol. The number of halogens is 12. The van der Waals surface area contributed by atoms with Gasteiger partial charge in [-0.25, -0.2) is 9.97 Å². The Hall–Kier alpha value is -7.22. The van der Waals surface area contributed by atoms with Crippen LogP contribution in [0.25, 0.3) is 111 Å². The summed E-state index contributed by atoms with van der Waals surface area (Å²) >= 11 is 93.1. The topological polar surface area (TPSA) is 94.3 Å². The molecular weight excluding hydrogens is 1610 g/mol. The Bertz CT molecular complexity index is 6120. The maximum absolute atomic E-state index is 7.93. The third-order valence-electron chi connectivity index (χ3n) is 22.3. The van der Waals surface area contributed by atoms with Crippen molar-refractivity contribution < 1.29 is 18.9 Å². The monoisotopic (exact) mass is 1670 g/mol. The molecule has 2 N–H and O–H groups in total.